The highest BCUT2D eigenvalue weighted by molar-refractivity contribution is 9.10. The van der Waals surface area contributed by atoms with Gasteiger partial charge >= 0.3 is 0 Å². The lowest BCUT2D eigenvalue weighted by atomic mass is 10.1. The van der Waals surface area contributed by atoms with Gasteiger partial charge in [0, 0.05) is 0 Å². The van der Waals surface area contributed by atoms with Gasteiger partial charge in [0.15, 0.2) is 4.77 Å². The molecule has 3 rings (SSSR count). The van der Waals surface area contributed by atoms with Crippen LogP contribution in [0.25, 0.3) is 16.7 Å². The topological polar surface area (TPSA) is 44.5 Å². The number of fused-ring (bicyclic) bond motifs is 1. The zero-order chi connectivity index (χ0) is 15.1. The molecule has 6 heteroatoms. The van der Waals surface area contributed by atoms with Gasteiger partial charge in [0.1, 0.15) is 11.9 Å². The van der Waals surface area contributed by atoms with Crippen LogP contribution in [-0.4, -0.2) is 9.55 Å². The first kappa shape index (κ1) is 14.0. The Morgan fingerprint density at radius 1 is 1.38 bits per heavy atom. The molecule has 0 bridgehead atoms. The van der Waals surface area contributed by atoms with E-state index in [-0.39, 0.29) is 5.82 Å². The molecule has 0 saturated heterocycles. The van der Waals surface area contributed by atoms with Gasteiger partial charge in [-0.1, -0.05) is 6.07 Å². The molecule has 0 aliphatic heterocycles. The number of benzene rings is 2. The van der Waals surface area contributed by atoms with Crippen LogP contribution in [0.4, 0.5) is 4.39 Å². The van der Waals surface area contributed by atoms with Crippen molar-refractivity contribution in [2.24, 2.45) is 0 Å². The number of aromatic nitrogens is 2. The van der Waals surface area contributed by atoms with E-state index in [0.717, 1.165) is 16.8 Å². The second kappa shape index (κ2) is 5.10. The van der Waals surface area contributed by atoms with Crippen LogP contribution in [-0.2, 0) is 0 Å². The molecule has 0 aliphatic rings. The first-order valence-electron chi connectivity index (χ1n) is 6.13. The summed E-state index contributed by atoms with van der Waals surface area (Å²) in [7, 11) is 0. The van der Waals surface area contributed by atoms with E-state index in [4.69, 9.17) is 12.2 Å². The maximum absolute atomic E-state index is 13.6. The molecule has 0 radical (unpaired) electrons. The number of aryl methyl sites for hydroxylation is 1. The lowest BCUT2D eigenvalue weighted by Crippen LogP contribution is -1.98. The lowest BCUT2D eigenvalue weighted by molar-refractivity contribution is 0.619. The molecule has 1 heterocycles. The number of rotatable bonds is 1. The third-order valence-electron chi connectivity index (χ3n) is 3.32. The van der Waals surface area contributed by atoms with Crippen LogP contribution in [0.5, 0.6) is 0 Å². The van der Waals surface area contributed by atoms with Crippen molar-refractivity contribution < 1.29 is 4.39 Å². The molecule has 0 spiro atoms. The summed E-state index contributed by atoms with van der Waals surface area (Å²) in [6.45, 7) is 1.82. The van der Waals surface area contributed by atoms with E-state index in [2.05, 4.69) is 27.0 Å². The van der Waals surface area contributed by atoms with Crippen LogP contribution in [0.1, 0.15) is 11.1 Å². The van der Waals surface area contributed by atoms with Crippen molar-refractivity contribution in [2.45, 2.75) is 6.92 Å². The minimum absolute atomic E-state index is 0.319. The summed E-state index contributed by atoms with van der Waals surface area (Å²) in [6.07, 6.45) is 0. The summed E-state index contributed by atoms with van der Waals surface area (Å²) in [5, 5.41) is 9.17. The van der Waals surface area contributed by atoms with Crippen LogP contribution in [0.3, 0.4) is 0 Å². The van der Waals surface area contributed by atoms with Crippen molar-refractivity contribution in [1.82, 2.24) is 9.55 Å². The van der Waals surface area contributed by atoms with Crippen molar-refractivity contribution in [3.8, 4) is 11.8 Å². The zero-order valence-corrected chi connectivity index (χ0v) is 13.3. The number of nitriles is 1. The summed E-state index contributed by atoms with van der Waals surface area (Å²) >= 11 is 8.56. The SMILES string of the molecule is Cc1cc(F)c(Br)cc1-n1c(=S)[nH]c2c(C#N)cccc21. The van der Waals surface area contributed by atoms with Crippen molar-refractivity contribution in [3.05, 3.63) is 56.5 Å². The molecule has 1 N–H and O–H groups in total. The Bertz CT molecular complexity index is 965. The molecule has 3 aromatic rings. The maximum Gasteiger partial charge on any atom is 0.182 e. The lowest BCUT2D eigenvalue weighted by Gasteiger charge is -2.10. The van der Waals surface area contributed by atoms with E-state index >= 15 is 0 Å². The maximum atomic E-state index is 13.6. The monoisotopic (exact) mass is 361 g/mol. The number of nitrogens with one attached hydrogen (secondary N) is 1. The van der Waals surface area contributed by atoms with Crippen molar-refractivity contribution >= 4 is 39.2 Å². The van der Waals surface area contributed by atoms with Crippen LogP contribution in [0, 0.1) is 28.8 Å². The fraction of sp³-hybridized carbons (Fsp3) is 0.0667. The smallest absolute Gasteiger partial charge is 0.182 e. The first-order chi connectivity index (χ1) is 10.0. The average Bonchev–Trinajstić information content (AvgIpc) is 2.79. The van der Waals surface area contributed by atoms with E-state index in [1.54, 1.807) is 18.2 Å². The molecule has 3 nitrogen and oxygen atoms in total. The highest BCUT2D eigenvalue weighted by Crippen LogP contribution is 2.28. The number of aromatic amines is 1. The van der Waals surface area contributed by atoms with Crippen LogP contribution in [0.15, 0.2) is 34.8 Å². The van der Waals surface area contributed by atoms with Crippen LogP contribution >= 0.6 is 28.1 Å². The Morgan fingerprint density at radius 3 is 2.86 bits per heavy atom. The quantitative estimate of drug-likeness (QED) is 0.634. The molecule has 2 aromatic carbocycles. The van der Waals surface area contributed by atoms with E-state index < -0.39 is 0 Å². The largest absolute Gasteiger partial charge is 0.329 e. The number of halogens is 2. The first-order valence-corrected chi connectivity index (χ1v) is 7.33. The molecule has 0 aliphatic carbocycles. The predicted molar refractivity (Wildman–Crippen MR) is 85.6 cm³/mol. The van der Waals surface area contributed by atoms with Gasteiger partial charge < -0.3 is 4.98 Å². The number of imidazole rings is 1. The Morgan fingerprint density at radius 2 is 2.14 bits per heavy atom. The van der Waals surface area contributed by atoms with Gasteiger partial charge in [0.2, 0.25) is 0 Å². The third-order valence-corrected chi connectivity index (χ3v) is 4.21. The molecule has 0 unspecified atom stereocenters. The minimum atomic E-state index is -0.319. The Hall–Kier alpha value is -1.97. The highest BCUT2D eigenvalue weighted by atomic mass is 79.9. The van der Waals surface area contributed by atoms with Gasteiger partial charge in [-0.3, -0.25) is 4.57 Å². The van der Waals surface area contributed by atoms with Crippen LogP contribution < -0.4 is 0 Å². The molecule has 0 amide bonds. The second-order valence-electron chi connectivity index (χ2n) is 4.63. The van der Waals surface area contributed by atoms with E-state index in [9.17, 15) is 9.65 Å². The minimum Gasteiger partial charge on any atom is -0.329 e. The Balaban J connectivity index is 2.42. The fourth-order valence-corrected chi connectivity index (χ4v) is 2.97. The molecule has 21 heavy (non-hydrogen) atoms. The average molecular weight is 362 g/mol. The Labute approximate surface area is 133 Å². The van der Waals surface area contributed by atoms with Crippen molar-refractivity contribution in [3.63, 3.8) is 0 Å². The van der Waals surface area contributed by atoms with Gasteiger partial charge in [-0.05, 0) is 64.9 Å². The van der Waals surface area contributed by atoms with Crippen molar-refractivity contribution in [1.29, 1.82) is 5.26 Å². The summed E-state index contributed by atoms with van der Waals surface area (Å²) in [5.74, 6) is -0.319. The number of hydrogen-bond donors (Lipinski definition) is 1. The normalized spacial score (nSPS) is 10.8. The van der Waals surface area contributed by atoms with Gasteiger partial charge in [-0.15, -0.1) is 0 Å². The standard InChI is InChI=1S/C15H9BrFN3S/c1-8-5-11(17)10(16)6-13(8)20-12-4-2-3-9(7-18)14(12)19-15(20)21/h2-6H,1H3,(H,19,21). The molecule has 104 valence electrons. The summed E-state index contributed by atoms with van der Waals surface area (Å²) in [4.78, 5) is 3.05. The van der Waals surface area contributed by atoms with E-state index in [1.807, 2.05) is 17.6 Å². The van der Waals surface area contributed by atoms with E-state index in [1.165, 1.54) is 6.07 Å². The predicted octanol–water partition coefficient (Wildman–Crippen LogP) is 4.77. The number of H-pyrrole nitrogens is 1. The summed E-state index contributed by atoms with van der Waals surface area (Å²) < 4.78 is 16.2. The molecule has 0 saturated carbocycles. The number of para-hydroxylation sites is 1. The number of nitrogens with zero attached hydrogens (tertiary/aromatic N) is 2. The second-order valence-corrected chi connectivity index (χ2v) is 5.87. The molecular weight excluding hydrogens is 353 g/mol. The Kier molecular flexibility index (Phi) is 3.40. The van der Waals surface area contributed by atoms with Crippen LogP contribution in [0.2, 0.25) is 0 Å². The van der Waals surface area contributed by atoms with Gasteiger partial charge in [-0.25, -0.2) is 4.39 Å². The van der Waals surface area contributed by atoms with E-state index in [0.29, 0.717) is 20.3 Å². The number of hydrogen-bond acceptors (Lipinski definition) is 2. The van der Waals surface area contributed by atoms with Gasteiger partial charge in [0.05, 0.1) is 26.8 Å². The fourth-order valence-electron chi connectivity index (χ4n) is 2.34. The third kappa shape index (κ3) is 2.19. The molecule has 1 aromatic heterocycles. The van der Waals surface area contributed by atoms with Gasteiger partial charge in [-0.2, -0.15) is 5.26 Å². The van der Waals surface area contributed by atoms with Crippen molar-refractivity contribution in [2.75, 3.05) is 0 Å². The zero-order valence-electron chi connectivity index (χ0n) is 10.9. The summed E-state index contributed by atoms with van der Waals surface area (Å²) in [5.41, 5.74) is 3.53. The summed E-state index contributed by atoms with van der Waals surface area (Å²) in [6, 6.07) is 10.7. The molecule has 0 fully saturated rings. The van der Waals surface area contributed by atoms with Gasteiger partial charge in [0.25, 0.3) is 0 Å². The highest BCUT2D eigenvalue weighted by Gasteiger charge is 2.13. The molecule has 0 atom stereocenters. The molecular formula is C15H9BrFN3S.